The SMILES string of the molecule is CCCCOc1nc(OCCCC)nc([N+]2(CC)CCOCC2)n1.[Cl-]. The predicted octanol–water partition coefficient (Wildman–Crippen LogP) is -0.409. The van der Waals surface area contributed by atoms with Crippen molar-refractivity contribution in [2.45, 2.75) is 46.5 Å². The molecule has 1 aromatic rings. The summed E-state index contributed by atoms with van der Waals surface area (Å²) in [6, 6.07) is 0.745. The molecule has 25 heavy (non-hydrogen) atoms. The molecule has 0 aliphatic carbocycles. The second-order valence-corrected chi connectivity index (χ2v) is 6.13. The minimum atomic E-state index is 0. The number of unbranched alkanes of at least 4 members (excludes halogenated alkanes) is 2. The number of morpholine rings is 1. The molecule has 0 unspecified atom stereocenters. The molecule has 0 spiro atoms. The fraction of sp³-hybridized carbons (Fsp3) is 0.824. The van der Waals surface area contributed by atoms with Gasteiger partial charge in [-0.05, 0) is 19.8 Å². The molecule has 0 atom stereocenters. The molecular formula is C17H31ClN4O3. The molecule has 0 bridgehead atoms. The molecule has 144 valence electrons. The lowest BCUT2D eigenvalue weighted by atomic mass is 10.3. The van der Waals surface area contributed by atoms with Crippen LogP contribution in [0.2, 0.25) is 0 Å². The van der Waals surface area contributed by atoms with Crippen LogP contribution in [0.4, 0.5) is 5.95 Å². The van der Waals surface area contributed by atoms with Gasteiger partial charge in [-0.15, -0.1) is 15.0 Å². The van der Waals surface area contributed by atoms with Gasteiger partial charge >= 0.3 is 18.0 Å². The highest BCUT2D eigenvalue weighted by Gasteiger charge is 2.36. The number of hydrogen-bond donors (Lipinski definition) is 0. The van der Waals surface area contributed by atoms with Gasteiger partial charge in [-0.3, -0.25) is 4.48 Å². The van der Waals surface area contributed by atoms with Gasteiger partial charge in [0.25, 0.3) is 0 Å². The summed E-state index contributed by atoms with van der Waals surface area (Å²) in [6.45, 7) is 11.7. The van der Waals surface area contributed by atoms with E-state index >= 15 is 0 Å². The van der Waals surface area contributed by atoms with E-state index in [1.807, 2.05) is 0 Å². The maximum Gasteiger partial charge on any atom is 0.338 e. The van der Waals surface area contributed by atoms with Crippen LogP contribution in [-0.4, -0.2) is 61.0 Å². The average molecular weight is 375 g/mol. The highest BCUT2D eigenvalue weighted by atomic mass is 35.5. The molecule has 0 N–H and O–H groups in total. The number of quaternary nitrogens is 1. The molecule has 0 aromatic carbocycles. The first kappa shape index (κ1) is 21.9. The summed E-state index contributed by atoms with van der Waals surface area (Å²) in [4.78, 5) is 13.5. The van der Waals surface area contributed by atoms with E-state index in [4.69, 9.17) is 14.2 Å². The third-order valence-corrected chi connectivity index (χ3v) is 4.40. The number of aromatic nitrogens is 3. The van der Waals surface area contributed by atoms with Crippen molar-refractivity contribution >= 4 is 5.95 Å². The van der Waals surface area contributed by atoms with E-state index in [0.29, 0.717) is 29.7 Å². The number of likely N-dealkylation sites (N-methyl/N-ethyl adjacent to an activating group) is 1. The Kier molecular flexibility index (Phi) is 10.0. The van der Waals surface area contributed by atoms with Crippen LogP contribution < -0.4 is 26.4 Å². The second kappa shape index (κ2) is 11.4. The molecule has 1 fully saturated rings. The van der Waals surface area contributed by atoms with E-state index in [1.54, 1.807) is 0 Å². The number of nitrogens with zero attached hydrogens (tertiary/aromatic N) is 4. The van der Waals surface area contributed by atoms with Crippen molar-refractivity contribution < 1.29 is 26.6 Å². The van der Waals surface area contributed by atoms with Crippen LogP contribution in [0.1, 0.15) is 46.5 Å². The van der Waals surface area contributed by atoms with Gasteiger partial charge in [-0.1, -0.05) is 26.7 Å². The lowest BCUT2D eigenvalue weighted by Gasteiger charge is -2.37. The van der Waals surface area contributed by atoms with Crippen molar-refractivity contribution in [2.75, 3.05) is 46.1 Å². The predicted molar refractivity (Wildman–Crippen MR) is 93.5 cm³/mol. The van der Waals surface area contributed by atoms with Crippen molar-refractivity contribution in [1.82, 2.24) is 19.4 Å². The summed E-state index contributed by atoms with van der Waals surface area (Å²) >= 11 is 0. The van der Waals surface area contributed by atoms with E-state index in [9.17, 15) is 0 Å². The summed E-state index contributed by atoms with van der Waals surface area (Å²) in [5.41, 5.74) is 0. The van der Waals surface area contributed by atoms with Crippen LogP contribution >= 0.6 is 0 Å². The van der Waals surface area contributed by atoms with Crippen LogP contribution in [0.15, 0.2) is 0 Å². The summed E-state index contributed by atoms with van der Waals surface area (Å²) in [5.74, 6) is 0.730. The maximum atomic E-state index is 5.73. The smallest absolute Gasteiger partial charge is 0.338 e. The third-order valence-electron chi connectivity index (χ3n) is 4.40. The second-order valence-electron chi connectivity index (χ2n) is 6.13. The van der Waals surface area contributed by atoms with Crippen LogP contribution in [0.25, 0.3) is 0 Å². The van der Waals surface area contributed by atoms with E-state index < -0.39 is 0 Å². The van der Waals surface area contributed by atoms with E-state index in [2.05, 4.69) is 35.7 Å². The van der Waals surface area contributed by atoms with Crippen molar-refractivity contribution in [1.29, 1.82) is 0 Å². The maximum absolute atomic E-state index is 5.73. The first-order chi connectivity index (χ1) is 11.7. The van der Waals surface area contributed by atoms with Crippen LogP contribution in [-0.2, 0) is 4.74 Å². The average Bonchev–Trinajstić information content (AvgIpc) is 2.62. The monoisotopic (exact) mass is 374 g/mol. The summed E-state index contributed by atoms with van der Waals surface area (Å²) in [6.07, 6.45) is 4.11. The quantitative estimate of drug-likeness (QED) is 0.410. The molecule has 1 aliphatic heterocycles. The van der Waals surface area contributed by atoms with Crippen LogP contribution in [0, 0.1) is 0 Å². The fourth-order valence-electron chi connectivity index (χ4n) is 2.63. The molecule has 2 heterocycles. The minimum Gasteiger partial charge on any atom is -1.00 e. The molecule has 1 saturated heterocycles. The van der Waals surface area contributed by atoms with Gasteiger partial charge in [0.2, 0.25) is 0 Å². The van der Waals surface area contributed by atoms with Gasteiger partial charge in [-0.2, -0.15) is 0 Å². The third kappa shape index (κ3) is 6.24. The Morgan fingerprint density at radius 2 is 1.40 bits per heavy atom. The number of rotatable bonds is 10. The Labute approximate surface area is 157 Å². The first-order valence-electron chi connectivity index (χ1n) is 9.20. The zero-order valence-corrected chi connectivity index (χ0v) is 16.4. The summed E-state index contributed by atoms with van der Waals surface area (Å²) in [5, 5.41) is 0. The van der Waals surface area contributed by atoms with E-state index in [1.165, 1.54) is 0 Å². The van der Waals surface area contributed by atoms with Gasteiger partial charge in [0.15, 0.2) is 0 Å². The fourth-order valence-corrected chi connectivity index (χ4v) is 2.63. The van der Waals surface area contributed by atoms with Crippen molar-refractivity contribution in [3.05, 3.63) is 0 Å². The molecule has 0 amide bonds. The van der Waals surface area contributed by atoms with Crippen molar-refractivity contribution in [2.24, 2.45) is 0 Å². The van der Waals surface area contributed by atoms with Gasteiger partial charge in [0.1, 0.15) is 13.1 Å². The van der Waals surface area contributed by atoms with E-state index in [-0.39, 0.29) is 12.4 Å². The van der Waals surface area contributed by atoms with Gasteiger partial charge in [0, 0.05) is 0 Å². The van der Waals surface area contributed by atoms with Gasteiger partial charge in [0.05, 0.1) is 33.0 Å². The van der Waals surface area contributed by atoms with Crippen molar-refractivity contribution in [3.63, 3.8) is 0 Å². The molecule has 8 heteroatoms. The lowest BCUT2D eigenvalue weighted by molar-refractivity contribution is -0.00000842. The Balaban J connectivity index is 0.00000312. The number of hydrogen-bond acceptors (Lipinski definition) is 6. The molecule has 2 rings (SSSR count). The zero-order chi connectivity index (χ0) is 17.3. The largest absolute Gasteiger partial charge is 1.00 e. The summed E-state index contributed by atoms with van der Waals surface area (Å²) < 4.78 is 17.7. The molecule has 0 saturated carbocycles. The highest BCUT2D eigenvalue weighted by molar-refractivity contribution is 5.29. The minimum absolute atomic E-state index is 0. The Bertz CT molecular complexity index is 471. The van der Waals surface area contributed by atoms with Gasteiger partial charge < -0.3 is 26.6 Å². The zero-order valence-electron chi connectivity index (χ0n) is 15.7. The Morgan fingerprint density at radius 3 is 1.84 bits per heavy atom. The topological polar surface area (TPSA) is 66.4 Å². The Morgan fingerprint density at radius 1 is 0.880 bits per heavy atom. The first-order valence-corrected chi connectivity index (χ1v) is 9.20. The van der Waals surface area contributed by atoms with E-state index in [0.717, 1.165) is 64.5 Å². The number of ether oxygens (including phenoxy) is 3. The van der Waals surface area contributed by atoms with Crippen molar-refractivity contribution in [3.8, 4) is 12.0 Å². The standard InChI is InChI=1S/C17H31N4O3.ClH/c1-4-7-11-23-16-18-15(19-17(20-16)24-12-8-5-2)21(6-3)9-13-22-14-10-21;/h4-14H2,1-3H3;1H/q+1;/p-1. The highest BCUT2D eigenvalue weighted by Crippen LogP contribution is 2.24. The molecule has 0 radical (unpaired) electrons. The molecular weight excluding hydrogens is 344 g/mol. The lowest BCUT2D eigenvalue weighted by Crippen LogP contribution is -3.00. The molecule has 7 nitrogen and oxygen atoms in total. The number of halogens is 1. The van der Waals surface area contributed by atoms with Gasteiger partial charge in [-0.25, -0.2) is 0 Å². The summed E-state index contributed by atoms with van der Waals surface area (Å²) in [7, 11) is 0. The molecule has 1 aromatic heterocycles. The van der Waals surface area contributed by atoms with Crippen LogP contribution in [0.3, 0.4) is 0 Å². The molecule has 1 aliphatic rings. The Hall–Kier alpha value is -1.18. The normalized spacial score (nSPS) is 16.1. The van der Waals surface area contributed by atoms with Crippen LogP contribution in [0.5, 0.6) is 12.0 Å².